The summed E-state index contributed by atoms with van der Waals surface area (Å²) >= 11 is 0. The van der Waals surface area contributed by atoms with E-state index in [1.807, 2.05) is 0 Å². The minimum Gasteiger partial charge on any atom is -0.478 e. The lowest BCUT2D eigenvalue weighted by atomic mass is 10.2. The number of carbonyl (C=O) groups is 1. The number of aromatic carboxylic acids is 1. The van der Waals surface area contributed by atoms with Crippen LogP contribution in [0.5, 0.6) is 0 Å². The average molecular weight is 277 g/mol. The number of hydrogen-bond acceptors (Lipinski definition) is 4. The van der Waals surface area contributed by atoms with E-state index in [0.717, 1.165) is 22.5 Å². The Balaban J connectivity index is 3.31. The highest BCUT2D eigenvalue weighted by Crippen LogP contribution is 2.19. The molecule has 0 amide bonds. The van der Waals surface area contributed by atoms with Crippen LogP contribution in [0.25, 0.3) is 0 Å². The van der Waals surface area contributed by atoms with Crippen molar-refractivity contribution in [3.8, 4) is 0 Å². The van der Waals surface area contributed by atoms with Crippen molar-refractivity contribution < 1.29 is 27.8 Å². The van der Waals surface area contributed by atoms with Crippen molar-refractivity contribution in [1.82, 2.24) is 4.31 Å². The zero-order chi connectivity index (χ0) is 13.9. The predicted molar refractivity (Wildman–Crippen MR) is 60.3 cm³/mol. The quantitative estimate of drug-likeness (QED) is 0.798. The van der Waals surface area contributed by atoms with Gasteiger partial charge < -0.3 is 10.2 Å². The van der Waals surface area contributed by atoms with E-state index in [4.69, 9.17) is 10.2 Å². The van der Waals surface area contributed by atoms with Gasteiger partial charge in [0.1, 0.15) is 10.7 Å². The molecule has 0 unspecified atom stereocenters. The molecule has 0 fully saturated rings. The van der Waals surface area contributed by atoms with Crippen molar-refractivity contribution in [3.05, 3.63) is 29.6 Å². The second kappa shape index (κ2) is 5.42. The van der Waals surface area contributed by atoms with Crippen LogP contribution in [-0.4, -0.2) is 49.1 Å². The van der Waals surface area contributed by atoms with Gasteiger partial charge in [-0.05, 0) is 18.2 Å². The number of rotatable bonds is 5. The number of aliphatic hydroxyl groups is 1. The van der Waals surface area contributed by atoms with Crippen LogP contribution in [0.15, 0.2) is 23.1 Å². The molecule has 0 atom stereocenters. The molecule has 0 aliphatic rings. The summed E-state index contributed by atoms with van der Waals surface area (Å²) in [5, 5.41) is 17.4. The lowest BCUT2D eigenvalue weighted by molar-refractivity contribution is 0.0696. The molecule has 0 spiro atoms. The van der Waals surface area contributed by atoms with Crippen molar-refractivity contribution in [2.45, 2.75) is 4.90 Å². The first kappa shape index (κ1) is 14.6. The van der Waals surface area contributed by atoms with Crippen molar-refractivity contribution in [3.63, 3.8) is 0 Å². The fraction of sp³-hybridized carbons (Fsp3) is 0.300. The molecule has 1 aromatic rings. The Morgan fingerprint density at radius 2 is 2.06 bits per heavy atom. The molecule has 0 bridgehead atoms. The lowest BCUT2D eigenvalue weighted by Gasteiger charge is -2.16. The van der Waals surface area contributed by atoms with Gasteiger partial charge in [-0.1, -0.05) is 0 Å². The Morgan fingerprint density at radius 1 is 1.44 bits per heavy atom. The number of carboxylic acid groups (broad SMARTS) is 1. The normalized spacial score (nSPS) is 11.8. The number of benzene rings is 1. The maximum atomic E-state index is 13.5. The molecule has 0 heterocycles. The van der Waals surface area contributed by atoms with E-state index in [2.05, 4.69) is 0 Å². The van der Waals surface area contributed by atoms with Crippen LogP contribution in [0.4, 0.5) is 4.39 Å². The Kier molecular flexibility index (Phi) is 4.38. The van der Waals surface area contributed by atoms with E-state index in [1.54, 1.807) is 0 Å². The van der Waals surface area contributed by atoms with Gasteiger partial charge in [0.2, 0.25) is 10.0 Å². The highest BCUT2D eigenvalue weighted by molar-refractivity contribution is 7.89. The monoisotopic (exact) mass is 277 g/mol. The van der Waals surface area contributed by atoms with Gasteiger partial charge >= 0.3 is 5.97 Å². The van der Waals surface area contributed by atoms with Gasteiger partial charge in [-0.3, -0.25) is 0 Å². The van der Waals surface area contributed by atoms with Crippen LogP contribution in [0.2, 0.25) is 0 Å². The molecule has 1 rings (SSSR count). The molecule has 0 aliphatic heterocycles. The molecule has 8 heteroatoms. The van der Waals surface area contributed by atoms with Crippen LogP contribution < -0.4 is 0 Å². The highest BCUT2D eigenvalue weighted by Gasteiger charge is 2.25. The molecule has 18 heavy (non-hydrogen) atoms. The Hall–Kier alpha value is -1.51. The maximum Gasteiger partial charge on any atom is 0.335 e. The van der Waals surface area contributed by atoms with Gasteiger partial charge in [-0.25, -0.2) is 17.6 Å². The molecule has 0 radical (unpaired) electrons. The summed E-state index contributed by atoms with van der Waals surface area (Å²) in [4.78, 5) is 9.99. The van der Waals surface area contributed by atoms with Crippen LogP contribution in [0, 0.1) is 5.82 Å². The minimum absolute atomic E-state index is 0.209. The largest absolute Gasteiger partial charge is 0.478 e. The van der Waals surface area contributed by atoms with E-state index < -0.39 is 33.3 Å². The Bertz CT molecular complexity index is 557. The molecule has 6 nitrogen and oxygen atoms in total. The van der Waals surface area contributed by atoms with Crippen molar-refractivity contribution in [2.75, 3.05) is 20.2 Å². The first-order valence-electron chi connectivity index (χ1n) is 4.90. The van der Waals surface area contributed by atoms with Gasteiger partial charge in [0.05, 0.1) is 12.2 Å². The smallest absolute Gasteiger partial charge is 0.335 e. The summed E-state index contributed by atoms with van der Waals surface area (Å²) in [5.74, 6) is -2.39. The fourth-order valence-electron chi connectivity index (χ4n) is 1.26. The first-order chi connectivity index (χ1) is 8.30. The van der Waals surface area contributed by atoms with Crippen LogP contribution >= 0.6 is 0 Å². The average Bonchev–Trinajstić information content (AvgIpc) is 2.29. The second-order valence-corrected chi connectivity index (χ2v) is 5.51. The van der Waals surface area contributed by atoms with E-state index in [1.165, 1.54) is 7.05 Å². The molecule has 1 aromatic carbocycles. The van der Waals surface area contributed by atoms with Crippen molar-refractivity contribution >= 4 is 16.0 Å². The van der Waals surface area contributed by atoms with Crippen LogP contribution in [0.1, 0.15) is 10.4 Å². The summed E-state index contributed by atoms with van der Waals surface area (Å²) in [6.45, 7) is -0.630. The van der Waals surface area contributed by atoms with Gasteiger partial charge in [0, 0.05) is 13.6 Å². The number of likely N-dealkylation sites (N-methyl/N-ethyl adjacent to an activating group) is 1. The number of hydrogen-bond donors (Lipinski definition) is 2. The summed E-state index contributed by atoms with van der Waals surface area (Å²) in [6, 6.07) is 2.51. The topological polar surface area (TPSA) is 94.9 Å². The molecule has 2 N–H and O–H groups in total. The highest BCUT2D eigenvalue weighted by atomic mass is 32.2. The van der Waals surface area contributed by atoms with Gasteiger partial charge in [0.15, 0.2) is 0 Å². The third-order valence-electron chi connectivity index (χ3n) is 2.28. The fourth-order valence-corrected chi connectivity index (χ4v) is 2.51. The second-order valence-electron chi connectivity index (χ2n) is 3.50. The molecule has 0 saturated heterocycles. The summed E-state index contributed by atoms with van der Waals surface area (Å²) in [5.41, 5.74) is -0.327. The summed E-state index contributed by atoms with van der Waals surface area (Å²) < 4.78 is 38.0. The number of carboxylic acids is 1. The van der Waals surface area contributed by atoms with Crippen LogP contribution in [0.3, 0.4) is 0 Å². The Morgan fingerprint density at radius 3 is 2.56 bits per heavy atom. The maximum absolute atomic E-state index is 13.5. The van der Waals surface area contributed by atoms with E-state index in [9.17, 15) is 17.6 Å². The third kappa shape index (κ3) is 2.84. The molecule has 100 valence electrons. The van der Waals surface area contributed by atoms with E-state index in [0.29, 0.717) is 0 Å². The number of sulfonamides is 1. The molecule has 0 aromatic heterocycles. The lowest BCUT2D eigenvalue weighted by Crippen LogP contribution is -2.30. The summed E-state index contributed by atoms with van der Waals surface area (Å²) in [6.07, 6.45) is 0. The third-order valence-corrected chi connectivity index (χ3v) is 4.15. The van der Waals surface area contributed by atoms with E-state index >= 15 is 0 Å². The van der Waals surface area contributed by atoms with Gasteiger partial charge in [0.25, 0.3) is 0 Å². The zero-order valence-electron chi connectivity index (χ0n) is 9.50. The van der Waals surface area contributed by atoms with Crippen molar-refractivity contribution in [1.29, 1.82) is 0 Å². The molecular weight excluding hydrogens is 265 g/mol. The predicted octanol–water partition coefficient (Wildman–Crippen LogP) is 0.137. The molecular formula is C10H12FNO5S. The summed E-state index contributed by atoms with van der Waals surface area (Å²) in [7, 11) is -2.99. The molecule has 0 aliphatic carbocycles. The first-order valence-corrected chi connectivity index (χ1v) is 6.34. The van der Waals surface area contributed by atoms with Crippen LogP contribution in [-0.2, 0) is 10.0 Å². The van der Waals surface area contributed by atoms with E-state index in [-0.39, 0.29) is 12.1 Å². The minimum atomic E-state index is -4.15. The SMILES string of the molecule is CN(CCO)S(=O)(=O)c1cc(C(=O)O)ccc1F. The van der Waals surface area contributed by atoms with Crippen molar-refractivity contribution in [2.24, 2.45) is 0 Å². The van der Waals surface area contributed by atoms with Gasteiger partial charge in [-0.15, -0.1) is 0 Å². The standard InChI is InChI=1S/C10H12FNO5S/c1-12(4-5-13)18(16,17)9-6-7(10(14)15)2-3-8(9)11/h2-3,6,13H,4-5H2,1H3,(H,14,15). The Labute approximate surface area is 103 Å². The van der Waals surface area contributed by atoms with Gasteiger partial charge in [-0.2, -0.15) is 4.31 Å². The molecule has 0 saturated carbocycles. The number of aliphatic hydroxyl groups excluding tert-OH is 1. The zero-order valence-corrected chi connectivity index (χ0v) is 10.3. The number of nitrogens with zero attached hydrogens (tertiary/aromatic N) is 1. The number of halogens is 1.